The summed E-state index contributed by atoms with van der Waals surface area (Å²) >= 11 is 0. The molecule has 2 aromatic heterocycles. The number of methoxy groups -OCH3 is 1. The Kier molecular flexibility index (Phi) is 6.81. The van der Waals surface area contributed by atoms with Crippen molar-refractivity contribution in [2.24, 2.45) is 5.92 Å². The molecule has 0 unspecified atom stereocenters. The van der Waals surface area contributed by atoms with Crippen molar-refractivity contribution >= 4 is 11.8 Å². The van der Waals surface area contributed by atoms with E-state index in [-0.39, 0.29) is 46.5 Å². The first-order valence-corrected chi connectivity index (χ1v) is 13.7. The van der Waals surface area contributed by atoms with E-state index in [0.29, 0.717) is 31.1 Å². The number of halogens is 1. The van der Waals surface area contributed by atoms with E-state index < -0.39 is 5.82 Å². The van der Waals surface area contributed by atoms with Crippen LogP contribution in [0.2, 0.25) is 0 Å². The number of aromatic nitrogens is 3. The summed E-state index contributed by atoms with van der Waals surface area (Å²) < 4.78 is 25.1. The van der Waals surface area contributed by atoms with Gasteiger partial charge in [0.05, 0.1) is 25.6 Å². The largest absolute Gasteiger partial charge is 0.481 e. The van der Waals surface area contributed by atoms with Crippen molar-refractivity contribution in [1.29, 1.82) is 0 Å². The molecular weight excluding hydrogens is 491 g/mol. The van der Waals surface area contributed by atoms with Gasteiger partial charge in [-0.3, -0.25) is 19.6 Å². The van der Waals surface area contributed by atoms with Crippen LogP contribution in [0.4, 0.5) is 4.39 Å². The molecule has 0 radical (unpaired) electrons. The molecule has 204 valence electrons. The zero-order valence-electron chi connectivity index (χ0n) is 21.7. The Balaban J connectivity index is 1.07. The number of piperidine rings is 1. The third-order valence-electron chi connectivity index (χ3n) is 8.69. The van der Waals surface area contributed by atoms with E-state index in [1.165, 1.54) is 19.6 Å². The molecule has 4 fully saturated rings. The van der Waals surface area contributed by atoms with E-state index in [4.69, 9.17) is 9.47 Å². The highest BCUT2D eigenvalue weighted by Gasteiger charge is 2.55. The lowest BCUT2D eigenvalue weighted by Gasteiger charge is -2.39. The summed E-state index contributed by atoms with van der Waals surface area (Å²) in [4.78, 5) is 34.9. The summed E-state index contributed by atoms with van der Waals surface area (Å²) in [6, 6.07) is 3.68. The number of amides is 2. The number of hydrogen-bond acceptors (Lipinski definition) is 7. The minimum Gasteiger partial charge on any atom is -0.481 e. The number of rotatable bonds is 6. The number of nitrogens with zero attached hydrogens (tertiary/aromatic N) is 4. The number of likely N-dealkylation sites (tertiary alicyclic amines) is 2. The van der Waals surface area contributed by atoms with Gasteiger partial charge in [0.15, 0.2) is 11.5 Å². The van der Waals surface area contributed by atoms with Crippen molar-refractivity contribution in [2.75, 3.05) is 40.0 Å². The highest BCUT2D eigenvalue weighted by molar-refractivity contribution is 5.94. The number of ether oxygens (including phenoxy) is 2. The van der Waals surface area contributed by atoms with Crippen LogP contribution in [-0.4, -0.2) is 94.4 Å². The topological polar surface area (TPSA) is 113 Å². The SMILES string of the molecule is COc1cc(-c2cc(C(=O)N3CC[C@H](C(=O)N[C@@H]4CCN([C@@H]5CCCOC5)C4)CC34CC4)n[nH]2)c(F)cn1. The molecule has 3 atom stereocenters. The zero-order chi connectivity index (χ0) is 26.3. The summed E-state index contributed by atoms with van der Waals surface area (Å²) in [5.74, 6) is -0.432. The molecule has 2 aromatic rings. The van der Waals surface area contributed by atoms with E-state index in [1.54, 1.807) is 6.07 Å². The molecule has 1 aliphatic carbocycles. The smallest absolute Gasteiger partial charge is 0.274 e. The predicted octanol–water partition coefficient (Wildman–Crippen LogP) is 2.37. The first-order valence-electron chi connectivity index (χ1n) is 13.7. The molecule has 10 nitrogen and oxygen atoms in total. The number of pyridine rings is 1. The Morgan fingerprint density at radius 2 is 2.11 bits per heavy atom. The Hall–Kier alpha value is -3.05. The monoisotopic (exact) mass is 526 g/mol. The number of nitrogens with one attached hydrogen (secondary N) is 2. The maximum atomic E-state index is 14.4. The summed E-state index contributed by atoms with van der Waals surface area (Å²) in [7, 11) is 1.46. The van der Waals surface area contributed by atoms with Crippen molar-refractivity contribution in [2.45, 2.75) is 62.6 Å². The molecule has 3 aliphatic heterocycles. The Morgan fingerprint density at radius 1 is 1.24 bits per heavy atom. The van der Waals surface area contributed by atoms with Crippen LogP contribution in [0.5, 0.6) is 5.88 Å². The number of H-pyrrole nitrogens is 1. The fraction of sp³-hybridized carbons (Fsp3) is 0.630. The van der Waals surface area contributed by atoms with Crippen molar-refractivity contribution in [3.8, 4) is 17.1 Å². The van der Waals surface area contributed by atoms with Gasteiger partial charge in [0.2, 0.25) is 11.8 Å². The first-order chi connectivity index (χ1) is 18.5. The molecule has 4 aliphatic rings. The normalized spacial score (nSPS) is 26.9. The minimum atomic E-state index is -0.531. The van der Waals surface area contributed by atoms with Crippen LogP contribution >= 0.6 is 0 Å². The maximum absolute atomic E-state index is 14.4. The van der Waals surface area contributed by atoms with Crippen molar-refractivity contribution in [1.82, 2.24) is 30.3 Å². The summed E-state index contributed by atoms with van der Waals surface area (Å²) in [6.07, 6.45) is 7.38. The van der Waals surface area contributed by atoms with Crippen LogP contribution in [0.1, 0.15) is 55.4 Å². The van der Waals surface area contributed by atoms with Gasteiger partial charge in [0.1, 0.15) is 0 Å². The van der Waals surface area contributed by atoms with Crippen LogP contribution in [-0.2, 0) is 9.53 Å². The van der Waals surface area contributed by atoms with Crippen LogP contribution in [0, 0.1) is 11.7 Å². The fourth-order valence-corrected chi connectivity index (χ4v) is 6.36. The fourth-order valence-electron chi connectivity index (χ4n) is 6.36. The van der Waals surface area contributed by atoms with E-state index in [2.05, 4.69) is 25.4 Å². The van der Waals surface area contributed by atoms with Gasteiger partial charge in [-0.05, 0) is 51.0 Å². The molecule has 5 heterocycles. The maximum Gasteiger partial charge on any atom is 0.274 e. The van der Waals surface area contributed by atoms with E-state index in [0.717, 1.165) is 58.2 Å². The molecule has 1 saturated carbocycles. The molecule has 0 bridgehead atoms. The number of carbonyl (C=O) groups is 2. The molecule has 6 rings (SSSR count). The zero-order valence-corrected chi connectivity index (χ0v) is 21.7. The van der Waals surface area contributed by atoms with Crippen molar-refractivity contribution in [3.05, 3.63) is 29.8 Å². The average molecular weight is 527 g/mol. The first kappa shape index (κ1) is 25.2. The lowest BCUT2D eigenvalue weighted by Crippen LogP contribution is -2.52. The predicted molar refractivity (Wildman–Crippen MR) is 136 cm³/mol. The molecule has 2 amide bonds. The molecule has 11 heteroatoms. The lowest BCUT2D eigenvalue weighted by atomic mass is 9.87. The third-order valence-corrected chi connectivity index (χ3v) is 8.69. The molecule has 3 saturated heterocycles. The highest BCUT2D eigenvalue weighted by atomic mass is 19.1. The Morgan fingerprint density at radius 3 is 2.87 bits per heavy atom. The quantitative estimate of drug-likeness (QED) is 0.594. The molecule has 1 spiro atoms. The molecule has 2 N–H and O–H groups in total. The summed E-state index contributed by atoms with van der Waals surface area (Å²) in [5, 5.41) is 10.3. The molecule has 0 aromatic carbocycles. The average Bonchev–Trinajstić information content (AvgIpc) is 3.31. The van der Waals surface area contributed by atoms with Gasteiger partial charge in [-0.25, -0.2) is 9.37 Å². The van der Waals surface area contributed by atoms with Crippen molar-refractivity contribution < 1.29 is 23.5 Å². The standard InChI is InChI=1S/C27H35FN6O4/c1-37-24-11-20(21(28)14-29-24)22-12-23(32-31-22)26(36)34-9-4-17(13-27(34)6-7-27)25(35)30-18-5-8-33(15-18)19-3-2-10-38-16-19/h11-12,14,17-19H,2-10,13,15-16H2,1H3,(H,30,35)(H,31,32)/t17-,18+,19+/m0/s1. The minimum absolute atomic E-state index is 0.0956. The van der Waals surface area contributed by atoms with Gasteiger partial charge < -0.3 is 19.7 Å². The van der Waals surface area contributed by atoms with Gasteiger partial charge in [-0.15, -0.1) is 0 Å². The second-order valence-electron chi connectivity index (χ2n) is 11.1. The van der Waals surface area contributed by atoms with Gasteiger partial charge in [0, 0.05) is 61.4 Å². The third kappa shape index (κ3) is 4.89. The van der Waals surface area contributed by atoms with Crippen LogP contribution < -0.4 is 10.1 Å². The summed E-state index contributed by atoms with van der Waals surface area (Å²) in [6.45, 7) is 4.03. The van der Waals surface area contributed by atoms with Gasteiger partial charge in [-0.2, -0.15) is 5.10 Å². The van der Waals surface area contributed by atoms with E-state index >= 15 is 0 Å². The van der Waals surface area contributed by atoms with Crippen LogP contribution in [0.3, 0.4) is 0 Å². The highest BCUT2D eigenvalue weighted by Crippen LogP contribution is 2.50. The lowest BCUT2D eigenvalue weighted by molar-refractivity contribution is -0.127. The second kappa shape index (κ2) is 10.3. The summed E-state index contributed by atoms with van der Waals surface area (Å²) in [5.41, 5.74) is 0.572. The second-order valence-corrected chi connectivity index (χ2v) is 11.1. The van der Waals surface area contributed by atoms with Crippen molar-refractivity contribution in [3.63, 3.8) is 0 Å². The van der Waals surface area contributed by atoms with Crippen LogP contribution in [0.15, 0.2) is 18.3 Å². The van der Waals surface area contributed by atoms with E-state index in [9.17, 15) is 14.0 Å². The molecule has 38 heavy (non-hydrogen) atoms. The number of aromatic amines is 1. The molecular formula is C27H35FN6O4. The number of carbonyl (C=O) groups excluding carboxylic acids is 2. The van der Waals surface area contributed by atoms with Gasteiger partial charge in [-0.1, -0.05) is 0 Å². The Labute approximate surface area is 221 Å². The van der Waals surface area contributed by atoms with Crippen LogP contribution in [0.25, 0.3) is 11.3 Å². The van der Waals surface area contributed by atoms with Gasteiger partial charge >= 0.3 is 0 Å². The Bertz CT molecular complexity index is 1190. The van der Waals surface area contributed by atoms with Gasteiger partial charge in [0.25, 0.3) is 5.91 Å². The van der Waals surface area contributed by atoms with E-state index in [1.807, 2.05) is 4.90 Å². The number of hydrogen-bond donors (Lipinski definition) is 2.